The fourth-order valence-electron chi connectivity index (χ4n) is 2.97. The highest BCUT2D eigenvalue weighted by Crippen LogP contribution is 2.15. The zero-order valence-corrected chi connectivity index (χ0v) is 20.0. The minimum absolute atomic E-state index is 0. The number of amides is 1. The van der Waals surface area contributed by atoms with E-state index in [-0.39, 0.29) is 36.4 Å². The number of aliphatic imine (C=N–C) groups is 1. The van der Waals surface area contributed by atoms with Crippen molar-refractivity contribution >= 4 is 35.8 Å². The summed E-state index contributed by atoms with van der Waals surface area (Å²) in [6, 6.07) is 0.700. The van der Waals surface area contributed by atoms with Gasteiger partial charge in [0.1, 0.15) is 6.54 Å². The highest BCUT2D eigenvalue weighted by atomic mass is 127. The Morgan fingerprint density at radius 2 is 1.93 bits per heavy atom. The number of rotatable bonds is 11. The van der Waals surface area contributed by atoms with E-state index in [4.69, 9.17) is 4.74 Å². The summed E-state index contributed by atoms with van der Waals surface area (Å²) in [6.45, 7) is 9.94. The van der Waals surface area contributed by atoms with Gasteiger partial charge in [-0.1, -0.05) is 6.42 Å². The third-order valence-corrected chi connectivity index (χ3v) is 4.69. The first-order valence-electron chi connectivity index (χ1n) is 10.1. The average molecular weight is 497 g/mol. The number of guanidine groups is 1. The van der Waals surface area contributed by atoms with Crippen molar-refractivity contribution in [1.82, 2.24) is 20.4 Å². The minimum Gasteiger partial charge on any atom is -0.382 e. The Balaban J connectivity index is 0.00000676. The van der Waals surface area contributed by atoms with E-state index in [2.05, 4.69) is 27.4 Å². The van der Waals surface area contributed by atoms with Crippen molar-refractivity contribution in [2.75, 3.05) is 60.0 Å². The van der Waals surface area contributed by atoms with E-state index in [9.17, 15) is 4.79 Å². The molecule has 1 rings (SSSR count). The molecule has 27 heavy (non-hydrogen) atoms. The molecule has 0 aromatic rings. The summed E-state index contributed by atoms with van der Waals surface area (Å²) in [5.41, 5.74) is 0. The summed E-state index contributed by atoms with van der Waals surface area (Å²) in [7, 11) is 3.50. The van der Waals surface area contributed by atoms with Gasteiger partial charge in [-0.3, -0.25) is 4.79 Å². The third-order valence-electron chi connectivity index (χ3n) is 4.69. The Hall–Kier alpha value is -0.610. The third kappa shape index (κ3) is 12.5. The van der Waals surface area contributed by atoms with Gasteiger partial charge in [-0.15, -0.1) is 24.0 Å². The van der Waals surface area contributed by atoms with Gasteiger partial charge in [-0.25, -0.2) is 4.99 Å². The van der Waals surface area contributed by atoms with Gasteiger partial charge in [0.2, 0.25) is 5.91 Å². The number of likely N-dealkylation sites (tertiary alicyclic amines) is 1. The number of piperidine rings is 1. The number of halogens is 1. The van der Waals surface area contributed by atoms with Gasteiger partial charge >= 0.3 is 0 Å². The van der Waals surface area contributed by atoms with Crippen LogP contribution in [0.1, 0.15) is 46.0 Å². The van der Waals surface area contributed by atoms with E-state index < -0.39 is 0 Å². The summed E-state index contributed by atoms with van der Waals surface area (Å²) in [4.78, 5) is 20.3. The predicted octanol–water partition coefficient (Wildman–Crippen LogP) is 1.92. The van der Waals surface area contributed by atoms with Gasteiger partial charge in [0.15, 0.2) is 5.96 Å². The molecule has 0 aromatic heterocycles. The Labute approximate surface area is 182 Å². The number of nitrogens with one attached hydrogen (secondary N) is 2. The highest BCUT2D eigenvalue weighted by molar-refractivity contribution is 14.0. The Bertz CT molecular complexity index is 421. The zero-order chi connectivity index (χ0) is 19.2. The molecule has 1 atom stereocenters. The van der Waals surface area contributed by atoms with Crippen LogP contribution in [0.2, 0.25) is 0 Å². The maximum atomic E-state index is 11.8. The molecular weight excluding hydrogens is 457 g/mol. The maximum Gasteiger partial charge on any atom is 0.243 e. The van der Waals surface area contributed by atoms with Crippen molar-refractivity contribution in [3.05, 3.63) is 0 Å². The van der Waals surface area contributed by atoms with Crippen LogP contribution in [0.15, 0.2) is 4.99 Å². The van der Waals surface area contributed by atoms with Gasteiger partial charge in [0, 0.05) is 53.0 Å². The second-order valence-electron chi connectivity index (χ2n) is 7.09. The number of carbonyl (C=O) groups is 1. The molecule has 1 saturated heterocycles. The van der Waals surface area contributed by atoms with Crippen LogP contribution in [-0.4, -0.2) is 87.7 Å². The number of nitrogens with zero attached hydrogens (tertiary/aromatic N) is 3. The molecule has 0 radical (unpaired) electrons. The predicted molar refractivity (Wildman–Crippen MR) is 123 cm³/mol. The van der Waals surface area contributed by atoms with Crippen molar-refractivity contribution < 1.29 is 9.53 Å². The van der Waals surface area contributed by atoms with Crippen molar-refractivity contribution in [3.63, 3.8) is 0 Å². The Kier molecular flexibility index (Phi) is 16.0. The quantitative estimate of drug-likeness (QED) is 0.198. The number of hydrogen-bond acceptors (Lipinski definition) is 4. The SMILES string of the molecule is CCOCCCNC(=NCC(=O)N(C)C)NCCCN1CCCCC1C.I. The molecule has 0 aliphatic carbocycles. The fourth-order valence-corrected chi connectivity index (χ4v) is 2.97. The van der Waals surface area contributed by atoms with Crippen LogP contribution in [0.3, 0.4) is 0 Å². The second kappa shape index (κ2) is 16.4. The van der Waals surface area contributed by atoms with Crippen molar-refractivity contribution in [2.45, 2.75) is 52.0 Å². The first-order valence-corrected chi connectivity index (χ1v) is 10.1. The number of hydrogen-bond donors (Lipinski definition) is 2. The van der Waals surface area contributed by atoms with Crippen LogP contribution in [-0.2, 0) is 9.53 Å². The van der Waals surface area contributed by atoms with Crippen molar-refractivity contribution in [2.24, 2.45) is 4.99 Å². The van der Waals surface area contributed by atoms with E-state index in [1.807, 2.05) is 6.92 Å². The Morgan fingerprint density at radius 1 is 1.22 bits per heavy atom. The first kappa shape index (κ1) is 26.4. The molecule has 8 heteroatoms. The molecule has 0 bridgehead atoms. The second-order valence-corrected chi connectivity index (χ2v) is 7.09. The average Bonchev–Trinajstić information content (AvgIpc) is 2.63. The largest absolute Gasteiger partial charge is 0.382 e. The van der Waals surface area contributed by atoms with Gasteiger partial charge in [-0.2, -0.15) is 0 Å². The molecule has 2 N–H and O–H groups in total. The van der Waals surface area contributed by atoms with Crippen LogP contribution >= 0.6 is 24.0 Å². The van der Waals surface area contributed by atoms with E-state index >= 15 is 0 Å². The topological polar surface area (TPSA) is 69.2 Å². The molecule has 0 spiro atoms. The summed E-state index contributed by atoms with van der Waals surface area (Å²) in [5.74, 6) is 0.714. The van der Waals surface area contributed by atoms with E-state index in [1.165, 1.54) is 25.8 Å². The number of carbonyl (C=O) groups excluding carboxylic acids is 1. The summed E-state index contributed by atoms with van der Waals surface area (Å²) in [6.07, 6.45) is 5.98. The molecule has 0 aromatic carbocycles. The van der Waals surface area contributed by atoms with Crippen LogP contribution in [0, 0.1) is 0 Å². The lowest BCUT2D eigenvalue weighted by molar-refractivity contribution is -0.127. The molecule has 1 heterocycles. The molecule has 1 aliphatic heterocycles. The standard InChI is InChI=1S/C19H39N5O2.HI/c1-5-26-15-9-12-21-19(22-16-18(25)23(3)4)20-11-8-14-24-13-7-6-10-17(24)2;/h17H,5-16H2,1-4H3,(H2,20,21,22);1H. The lowest BCUT2D eigenvalue weighted by Gasteiger charge is -2.33. The van der Waals surface area contributed by atoms with Gasteiger partial charge in [0.25, 0.3) is 0 Å². The monoisotopic (exact) mass is 497 g/mol. The fraction of sp³-hybridized carbons (Fsp3) is 0.895. The van der Waals surface area contributed by atoms with Gasteiger partial charge in [0.05, 0.1) is 0 Å². The molecule has 0 saturated carbocycles. The molecule has 160 valence electrons. The molecule has 7 nitrogen and oxygen atoms in total. The van der Waals surface area contributed by atoms with E-state index in [1.54, 1.807) is 19.0 Å². The van der Waals surface area contributed by atoms with Gasteiger partial charge < -0.3 is 25.2 Å². The number of ether oxygens (including phenoxy) is 1. The first-order chi connectivity index (χ1) is 12.5. The lowest BCUT2D eigenvalue weighted by atomic mass is 10.0. The molecule has 1 fully saturated rings. The Morgan fingerprint density at radius 3 is 2.56 bits per heavy atom. The minimum atomic E-state index is 0. The smallest absolute Gasteiger partial charge is 0.243 e. The zero-order valence-electron chi connectivity index (χ0n) is 17.6. The van der Waals surface area contributed by atoms with Crippen molar-refractivity contribution in [1.29, 1.82) is 0 Å². The molecule has 1 aliphatic rings. The van der Waals surface area contributed by atoms with Crippen LogP contribution in [0.25, 0.3) is 0 Å². The van der Waals surface area contributed by atoms with Crippen molar-refractivity contribution in [3.8, 4) is 0 Å². The summed E-state index contributed by atoms with van der Waals surface area (Å²) < 4.78 is 5.35. The van der Waals surface area contributed by atoms with Crippen LogP contribution in [0.5, 0.6) is 0 Å². The molecule has 1 amide bonds. The molecule has 1 unspecified atom stereocenters. The molecular formula is C19H40IN5O2. The number of likely N-dealkylation sites (N-methyl/N-ethyl adjacent to an activating group) is 1. The van der Waals surface area contributed by atoms with Gasteiger partial charge in [-0.05, 0) is 46.1 Å². The van der Waals surface area contributed by atoms with E-state index in [0.29, 0.717) is 12.0 Å². The maximum absolute atomic E-state index is 11.8. The summed E-state index contributed by atoms with van der Waals surface area (Å²) >= 11 is 0. The summed E-state index contributed by atoms with van der Waals surface area (Å²) in [5, 5.41) is 6.65. The highest BCUT2D eigenvalue weighted by Gasteiger charge is 2.17. The normalized spacial score (nSPS) is 17.9. The van der Waals surface area contributed by atoms with Crippen LogP contribution in [0.4, 0.5) is 0 Å². The van der Waals surface area contributed by atoms with E-state index in [0.717, 1.165) is 45.7 Å². The lowest BCUT2D eigenvalue weighted by Crippen LogP contribution is -2.42. The van der Waals surface area contributed by atoms with Crippen LogP contribution < -0.4 is 10.6 Å².